The summed E-state index contributed by atoms with van der Waals surface area (Å²) < 4.78 is 11.0. The number of fused-ring (bicyclic) bond motifs is 1. The number of amides is 2. The van der Waals surface area contributed by atoms with Gasteiger partial charge in [0.1, 0.15) is 18.1 Å². The van der Waals surface area contributed by atoms with Crippen molar-refractivity contribution >= 4 is 29.1 Å². The van der Waals surface area contributed by atoms with E-state index >= 15 is 0 Å². The van der Waals surface area contributed by atoms with E-state index in [0.717, 1.165) is 5.56 Å². The lowest BCUT2D eigenvalue weighted by atomic mass is 10.1. The molecular weight excluding hydrogens is 348 g/mol. The molecule has 0 spiro atoms. The van der Waals surface area contributed by atoms with Crippen LogP contribution in [0.25, 0.3) is 0 Å². The van der Waals surface area contributed by atoms with Crippen LogP contribution in [-0.2, 0) is 9.59 Å². The summed E-state index contributed by atoms with van der Waals surface area (Å²) >= 11 is 0. The molecule has 8 nitrogen and oxygen atoms in total. The zero-order valence-corrected chi connectivity index (χ0v) is 15.7. The average molecular weight is 370 g/mol. The largest absolute Gasteiger partial charge is 0.495 e. The van der Waals surface area contributed by atoms with Crippen molar-refractivity contribution in [1.82, 2.24) is 4.98 Å². The first-order valence-corrected chi connectivity index (χ1v) is 8.43. The molecule has 3 rings (SSSR count). The second-order valence-corrected chi connectivity index (χ2v) is 6.81. The summed E-state index contributed by atoms with van der Waals surface area (Å²) in [5, 5.41) is 2.79. The molecule has 0 fully saturated rings. The van der Waals surface area contributed by atoms with Gasteiger partial charge in [0.15, 0.2) is 17.2 Å². The number of anilines is 3. The first-order valence-electron chi connectivity index (χ1n) is 8.43. The van der Waals surface area contributed by atoms with Crippen molar-refractivity contribution in [1.29, 1.82) is 0 Å². The van der Waals surface area contributed by atoms with Gasteiger partial charge in [-0.05, 0) is 50.6 Å². The molecule has 1 aliphatic heterocycles. The van der Waals surface area contributed by atoms with Gasteiger partial charge in [-0.2, -0.15) is 0 Å². The topological polar surface area (TPSA) is 107 Å². The predicted octanol–water partition coefficient (Wildman–Crippen LogP) is 2.12. The molecule has 0 atom stereocenters. The van der Waals surface area contributed by atoms with E-state index in [1.54, 1.807) is 38.1 Å². The van der Waals surface area contributed by atoms with Crippen LogP contribution in [0.5, 0.6) is 11.5 Å². The number of rotatable bonds is 4. The Morgan fingerprint density at radius 1 is 1.33 bits per heavy atom. The number of nitrogens with zero attached hydrogens (tertiary/aromatic N) is 2. The van der Waals surface area contributed by atoms with Crippen LogP contribution in [0.15, 0.2) is 30.3 Å². The van der Waals surface area contributed by atoms with Crippen LogP contribution in [0.4, 0.5) is 17.3 Å². The maximum atomic E-state index is 12.8. The van der Waals surface area contributed by atoms with E-state index in [9.17, 15) is 9.59 Å². The molecule has 0 bridgehead atoms. The van der Waals surface area contributed by atoms with Gasteiger partial charge >= 0.3 is 0 Å². The number of benzene rings is 1. The van der Waals surface area contributed by atoms with Crippen molar-refractivity contribution in [2.45, 2.75) is 26.4 Å². The number of carbonyl (C=O) groups is 2. The lowest BCUT2D eigenvalue weighted by Gasteiger charge is -2.37. The number of pyridine rings is 1. The quantitative estimate of drug-likeness (QED) is 0.854. The number of nitrogens with one attached hydrogen (secondary N) is 1. The third-order valence-electron chi connectivity index (χ3n) is 4.17. The van der Waals surface area contributed by atoms with E-state index in [4.69, 9.17) is 15.2 Å². The number of hydrogen-bond acceptors (Lipinski definition) is 6. The molecule has 0 unspecified atom stereocenters. The third kappa shape index (κ3) is 3.64. The van der Waals surface area contributed by atoms with Crippen molar-refractivity contribution in [3.63, 3.8) is 0 Å². The Balaban J connectivity index is 1.88. The number of nitrogens with two attached hydrogens (primary N) is 1. The molecule has 0 saturated heterocycles. The lowest BCUT2D eigenvalue weighted by Crippen LogP contribution is -2.54. The Bertz CT molecular complexity index is 911. The number of aromatic nitrogens is 1. The first kappa shape index (κ1) is 18.5. The highest BCUT2D eigenvalue weighted by Crippen LogP contribution is 2.36. The highest BCUT2D eigenvalue weighted by Gasteiger charge is 2.42. The maximum absolute atomic E-state index is 12.8. The Morgan fingerprint density at radius 3 is 2.78 bits per heavy atom. The van der Waals surface area contributed by atoms with E-state index in [1.165, 1.54) is 12.0 Å². The Labute approximate surface area is 157 Å². The van der Waals surface area contributed by atoms with Crippen molar-refractivity contribution in [2.24, 2.45) is 0 Å². The Kier molecular flexibility index (Phi) is 4.65. The summed E-state index contributed by atoms with van der Waals surface area (Å²) in [6.45, 7) is 4.96. The van der Waals surface area contributed by atoms with E-state index in [2.05, 4.69) is 10.3 Å². The monoisotopic (exact) mass is 370 g/mol. The summed E-state index contributed by atoms with van der Waals surface area (Å²) in [5.41, 5.74) is 6.12. The predicted molar refractivity (Wildman–Crippen MR) is 102 cm³/mol. The summed E-state index contributed by atoms with van der Waals surface area (Å²) in [7, 11) is 1.53. The smallest absolute Gasteiger partial charge is 0.272 e. The highest BCUT2D eigenvalue weighted by molar-refractivity contribution is 6.07. The summed E-state index contributed by atoms with van der Waals surface area (Å²) in [6, 6.07) is 8.67. The fourth-order valence-corrected chi connectivity index (χ4v) is 2.86. The van der Waals surface area contributed by atoms with Gasteiger partial charge in [-0.15, -0.1) is 0 Å². The molecule has 2 amide bonds. The van der Waals surface area contributed by atoms with E-state index < -0.39 is 5.60 Å². The summed E-state index contributed by atoms with van der Waals surface area (Å²) in [5.74, 6) is 0.626. The number of aryl methyl sites for hydroxylation is 1. The number of hydrogen-bond donors (Lipinski definition) is 2. The standard InChI is InChI=1S/C19H22N4O4/c1-11-5-6-13(26-4)12(9-11)21-16(24)10-23-17-14(7-8-15(20)22-17)27-19(2,3)18(23)25/h5-9H,10H2,1-4H3,(H2,20,22)(H,21,24). The molecule has 8 heteroatoms. The second kappa shape index (κ2) is 6.79. The molecular formula is C19H22N4O4. The third-order valence-corrected chi connectivity index (χ3v) is 4.17. The zero-order valence-electron chi connectivity index (χ0n) is 15.7. The van der Waals surface area contributed by atoms with E-state index in [-0.39, 0.29) is 30.0 Å². The number of ether oxygens (including phenoxy) is 2. The van der Waals surface area contributed by atoms with Gasteiger partial charge in [0.25, 0.3) is 5.91 Å². The molecule has 0 aliphatic carbocycles. The van der Waals surface area contributed by atoms with Gasteiger partial charge < -0.3 is 20.5 Å². The SMILES string of the molecule is COc1ccc(C)cc1NC(=O)CN1C(=O)C(C)(C)Oc2ccc(N)nc21. The van der Waals surface area contributed by atoms with Crippen LogP contribution in [-0.4, -0.2) is 36.1 Å². The number of carbonyl (C=O) groups excluding carboxylic acids is 2. The van der Waals surface area contributed by atoms with Crippen LogP contribution in [0.2, 0.25) is 0 Å². The van der Waals surface area contributed by atoms with Crippen LogP contribution in [0.1, 0.15) is 19.4 Å². The van der Waals surface area contributed by atoms with Crippen molar-refractivity contribution in [3.8, 4) is 11.5 Å². The van der Waals surface area contributed by atoms with Gasteiger partial charge in [0.2, 0.25) is 5.91 Å². The summed E-state index contributed by atoms with van der Waals surface area (Å²) in [6.07, 6.45) is 0. The van der Waals surface area contributed by atoms with Crippen LogP contribution < -0.4 is 25.4 Å². The number of methoxy groups -OCH3 is 1. The minimum absolute atomic E-state index is 0.227. The molecule has 1 aliphatic rings. The molecule has 27 heavy (non-hydrogen) atoms. The maximum Gasteiger partial charge on any atom is 0.272 e. The molecule has 142 valence electrons. The fourth-order valence-electron chi connectivity index (χ4n) is 2.86. The molecule has 1 aromatic carbocycles. The van der Waals surface area contributed by atoms with Crippen molar-refractivity contribution in [3.05, 3.63) is 35.9 Å². The highest BCUT2D eigenvalue weighted by atomic mass is 16.5. The van der Waals surface area contributed by atoms with Gasteiger partial charge in [-0.1, -0.05) is 6.07 Å². The fraction of sp³-hybridized carbons (Fsp3) is 0.316. The van der Waals surface area contributed by atoms with Crippen molar-refractivity contribution in [2.75, 3.05) is 29.6 Å². The zero-order chi connectivity index (χ0) is 19.8. The van der Waals surface area contributed by atoms with Gasteiger partial charge in [-0.3, -0.25) is 14.5 Å². The molecule has 2 aromatic rings. The minimum Gasteiger partial charge on any atom is -0.495 e. The second-order valence-electron chi connectivity index (χ2n) is 6.81. The van der Waals surface area contributed by atoms with Crippen LogP contribution in [0, 0.1) is 6.92 Å². The van der Waals surface area contributed by atoms with Gasteiger partial charge in [0, 0.05) is 0 Å². The normalized spacial score (nSPS) is 15.0. The molecule has 0 radical (unpaired) electrons. The molecule has 2 heterocycles. The number of nitrogen functional groups attached to an aromatic ring is 1. The molecule has 1 aromatic heterocycles. The Morgan fingerprint density at radius 2 is 2.07 bits per heavy atom. The molecule has 0 saturated carbocycles. The van der Waals surface area contributed by atoms with Gasteiger partial charge in [0.05, 0.1) is 12.8 Å². The minimum atomic E-state index is -1.12. The first-order chi connectivity index (χ1) is 12.7. The van der Waals surface area contributed by atoms with E-state index in [1.807, 2.05) is 13.0 Å². The molecule has 3 N–H and O–H groups in total. The average Bonchev–Trinajstić information content (AvgIpc) is 2.60. The Hall–Kier alpha value is -3.29. The van der Waals surface area contributed by atoms with Crippen LogP contribution in [0.3, 0.4) is 0 Å². The van der Waals surface area contributed by atoms with Crippen molar-refractivity contribution < 1.29 is 19.1 Å². The van der Waals surface area contributed by atoms with E-state index in [0.29, 0.717) is 17.2 Å². The van der Waals surface area contributed by atoms with Crippen LogP contribution >= 0.6 is 0 Å². The summed E-state index contributed by atoms with van der Waals surface area (Å²) in [4.78, 5) is 30.9. The lowest BCUT2D eigenvalue weighted by molar-refractivity contribution is -0.133. The van der Waals surface area contributed by atoms with Gasteiger partial charge in [-0.25, -0.2) is 4.98 Å².